The molecule has 6 N–H and O–H groups in total. The van der Waals surface area contributed by atoms with Crippen LogP contribution < -0.4 is 34.7 Å². The quantitative estimate of drug-likeness (QED) is 0.0368. The molecule has 122 heavy (non-hydrogen) atoms. The average molecular weight is 1870 g/mol. The molecule has 9 aromatic rings. The number of nitrogen functional groups attached to an aromatic ring is 1. The SMILES string of the molecule is CC(C)(C)OC(=O)N1CCC(=O)C(Br)C1.COc1ccc(Cl)c(-c2nc3c([nH]2)CN(C(=O)OC(C)(C)C)CC3)c1.COc1ccc(Cl)c(-c2nc3c([nH]2)CNCC3)c1.COc1ccc(Cl)c(C(=N)N)c1.COc1ccc(Cl)c(C2=NC3=C(C2)CN(C2CCc4ccc(Cl)cc4C2)CC3)c1.O=C1CCc2ccc(Cl)cc2C1.[C-]#[N+]c1cc(OC)ccc1Cl. The smallest absolute Gasteiger partial charge is 0.410 e. The molecule has 0 spiro atoms. The van der Waals surface area contributed by atoms with Gasteiger partial charge in [0.25, 0.3) is 0 Å². The molecular weight excluding hydrogens is 1770 g/mol. The Morgan fingerprint density at radius 1 is 0.549 bits per heavy atom. The number of likely N-dealkylation sites (tertiary alicyclic amines) is 1. The lowest BCUT2D eigenvalue weighted by molar-refractivity contribution is -0.120. The predicted octanol–water partition coefficient (Wildman–Crippen LogP) is 21.0. The number of nitrogens with two attached hydrogens (primary N) is 1. The van der Waals surface area contributed by atoms with Crippen molar-refractivity contribution in [3.63, 3.8) is 0 Å². The van der Waals surface area contributed by atoms with Crippen LogP contribution in [0.15, 0.2) is 144 Å². The van der Waals surface area contributed by atoms with Gasteiger partial charge in [-0.2, -0.15) is 0 Å². The summed E-state index contributed by atoms with van der Waals surface area (Å²) in [5, 5.41) is 15.0. The Balaban J connectivity index is 0.000000154. The summed E-state index contributed by atoms with van der Waals surface area (Å²) in [6.45, 7) is 23.6. The van der Waals surface area contributed by atoms with E-state index >= 15 is 0 Å². The van der Waals surface area contributed by atoms with Crippen LogP contribution in [0.2, 0.25) is 35.2 Å². The Labute approximate surface area is 756 Å². The second kappa shape index (κ2) is 43.8. The molecule has 2 amide bonds. The van der Waals surface area contributed by atoms with Gasteiger partial charge in [0.15, 0.2) is 0 Å². The summed E-state index contributed by atoms with van der Waals surface area (Å²) in [5.41, 5.74) is 21.0. The first kappa shape index (κ1) is 94.9. The van der Waals surface area contributed by atoms with E-state index in [1.807, 2.05) is 108 Å². The number of ether oxygens (including phenoxy) is 7. The molecule has 7 aromatic carbocycles. The fourth-order valence-electron chi connectivity index (χ4n) is 14.2. The van der Waals surface area contributed by atoms with Gasteiger partial charge in [-0.1, -0.05) is 115 Å². The average Bonchev–Trinajstić information content (AvgIpc) is 1.62. The summed E-state index contributed by atoms with van der Waals surface area (Å²) in [6.07, 6.45) is 8.84. The zero-order valence-electron chi connectivity index (χ0n) is 69.9. The van der Waals surface area contributed by atoms with Gasteiger partial charge < -0.3 is 64.0 Å². The molecule has 2 aliphatic carbocycles. The number of halogens is 8. The molecule has 7 aliphatic rings. The first-order valence-electron chi connectivity index (χ1n) is 39.6. The molecule has 0 radical (unpaired) electrons. The maximum Gasteiger partial charge on any atom is 0.410 e. The Morgan fingerprint density at radius 3 is 1.61 bits per heavy atom. The third kappa shape index (κ3) is 26.6. The molecule has 646 valence electrons. The van der Waals surface area contributed by atoms with E-state index in [-0.39, 0.29) is 28.6 Å². The van der Waals surface area contributed by atoms with Crippen LogP contribution in [0, 0.1) is 12.0 Å². The van der Waals surface area contributed by atoms with E-state index in [2.05, 4.69) is 63.1 Å². The van der Waals surface area contributed by atoms with Gasteiger partial charge in [0.1, 0.15) is 69.0 Å². The van der Waals surface area contributed by atoms with Gasteiger partial charge in [0, 0.05) is 145 Å². The fourth-order valence-corrected chi connectivity index (χ4v) is 16.1. The first-order valence-corrected chi connectivity index (χ1v) is 43.2. The van der Waals surface area contributed by atoms with E-state index in [1.165, 1.54) is 34.4 Å². The minimum absolute atomic E-state index is 0.0566. The van der Waals surface area contributed by atoms with Gasteiger partial charge in [-0.3, -0.25) is 24.9 Å². The zero-order chi connectivity index (χ0) is 88.3. The Kier molecular flexibility index (Phi) is 34.1. The maximum atomic E-state index is 12.3. The van der Waals surface area contributed by atoms with Crippen LogP contribution in [0.4, 0.5) is 15.3 Å². The molecule has 2 atom stereocenters. The minimum atomic E-state index is -0.509. The van der Waals surface area contributed by atoms with Crippen molar-refractivity contribution < 1.29 is 52.3 Å². The number of Topliss-reactive ketones (excluding diaryl/α,β-unsaturated/α-hetero) is 2. The maximum absolute atomic E-state index is 12.3. The largest absolute Gasteiger partial charge is 0.498 e. The van der Waals surface area contributed by atoms with Crippen LogP contribution in [-0.4, -0.2) is 167 Å². The highest BCUT2D eigenvalue weighted by Crippen LogP contribution is 2.39. The number of aliphatic imine (C=N–C) groups is 1. The normalized spacial score (nSPS) is 16.3. The van der Waals surface area contributed by atoms with E-state index in [1.54, 1.807) is 93.9 Å². The van der Waals surface area contributed by atoms with Crippen molar-refractivity contribution in [3.8, 4) is 51.5 Å². The number of hydrogen-bond acceptors (Lipinski definition) is 17. The molecule has 1 fully saturated rings. The van der Waals surface area contributed by atoms with E-state index in [4.69, 9.17) is 137 Å². The highest BCUT2D eigenvalue weighted by molar-refractivity contribution is 9.10. The summed E-state index contributed by atoms with van der Waals surface area (Å²) in [4.78, 5) is 75.9. The summed E-state index contributed by atoms with van der Waals surface area (Å²) in [7, 11) is 8.03. The second-order valence-electron chi connectivity index (χ2n) is 31.4. The minimum Gasteiger partial charge on any atom is -0.498 e. The lowest BCUT2D eigenvalue weighted by atomic mass is 9.86. The number of H-pyrrole nitrogens is 2. The summed E-state index contributed by atoms with van der Waals surface area (Å²) < 4.78 is 36.4. The monoisotopic (exact) mass is 1860 g/mol. The molecule has 23 nitrogen and oxygen atoms in total. The number of amidine groups is 1. The third-order valence-electron chi connectivity index (χ3n) is 20.5. The van der Waals surface area contributed by atoms with Gasteiger partial charge >= 0.3 is 12.2 Å². The number of carbonyl (C=O) groups is 4. The van der Waals surface area contributed by atoms with Crippen LogP contribution in [0.25, 0.3) is 27.6 Å². The van der Waals surface area contributed by atoms with Crippen molar-refractivity contribution in [2.45, 2.75) is 147 Å². The van der Waals surface area contributed by atoms with Crippen LogP contribution in [-0.2, 0) is 70.7 Å². The highest BCUT2D eigenvalue weighted by Gasteiger charge is 2.34. The molecule has 0 saturated carbocycles. The number of fused-ring (bicyclic) bond motifs is 4. The number of amides is 2. The van der Waals surface area contributed by atoms with E-state index in [9.17, 15) is 19.2 Å². The number of aromatic nitrogens is 4. The van der Waals surface area contributed by atoms with Crippen molar-refractivity contribution in [1.82, 2.24) is 40.0 Å². The van der Waals surface area contributed by atoms with Crippen molar-refractivity contribution in [3.05, 3.63) is 241 Å². The number of piperidine rings is 1. The molecule has 2 unspecified atom stereocenters. The van der Waals surface area contributed by atoms with Crippen molar-refractivity contribution in [2.24, 2.45) is 10.7 Å². The molecule has 2 aromatic heterocycles. The van der Waals surface area contributed by atoms with Gasteiger partial charge in [-0.25, -0.2) is 24.4 Å². The Bertz CT molecular complexity index is 5360. The van der Waals surface area contributed by atoms with E-state index < -0.39 is 11.2 Å². The predicted molar refractivity (Wildman–Crippen MR) is 488 cm³/mol. The molecule has 5 aliphatic heterocycles. The number of aromatic amines is 2. The highest BCUT2D eigenvalue weighted by atomic mass is 79.9. The summed E-state index contributed by atoms with van der Waals surface area (Å²) in [6, 6.07) is 39.5. The number of benzene rings is 7. The molecule has 1 saturated heterocycles. The van der Waals surface area contributed by atoms with Crippen LogP contribution in [0.3, 0.4) is 0 Å². The number of carbonyl (C=O) groups excluding carboxylic acids is 4. The van der Waals surface area contributed by atoms with Gasteiger partial charge in [-0.05, 0) is 204 Å². The van der Waals surface area contributed by atoms with E-state index in [0.717, 1.165) is 148 Å². The summed E-state index contributed by atoms with van der Waals surface area (Å²) in [5.74, 6) is 5.51. The number of imidazole rings is 2. The molecule has 16 rings (SSSR count). The molecular formula is C91H100BrCl7N12O11. The number of nitrogens with zero attached hydrogens (tertiary/aromatic N) is 7. The second-order valence-corrected chi connectivity index (χ2v) is 35.4. The van der Waals surface area contributed by atoms with E-state index in [0.29, 0.717) is 118 Å². The van der Waals surface area contributed by atoms with Gasteiger partial charge in [0.2, 0.25) is 5.69 Å². The van der Waals surface area contributed by atoms with Crippen LogP contribution in [0.5, 0.6) is 28.7 Å². The molecule has 31 heteroatoms. The third-order valence-corrected chi connectivity index (χ3v) is 23.4. The number of alkyl halides is 1. The standard InChI is InChI=1S/C24H24Cl2N2O.C18H22ClN3O3.C13H14ClN3O.C10H16BrNO3.C10H9ClO.C8H9ClN2O.C8H6ClNO/c1-29-20-6-7-22(26)21(13-20)24-12-17-14-28(9-8-23(17)27-24)19-5-3-15-2-4-18(25)10-16(15)11-19;1-18(2,3)25-17(23)22-8-7-14-15(10-22)21-16(20-14)12-9-11(24-4)5-6-13(12)19;1-18-8-2-3-10(14)9(6-8)13-16-11-4-5-15-7-12(11)17-13;1-10(2,3)15-9(14)12-5-4-8(13)7(11)6-12;11-9-3-1-7-2-4-10(12)6-8(7)5-9;1-12-5-2-3-7(9)6(4-5)8(10)11;1-10-8-5-6(11-2)3-4-7(8)9/h2,4,6-7,10,13,19H,3,5,8-9,11-12,14H2,1H3;5-6,9H,7-8,10H2,1-4H3,(H,20,21);2-3,6,15H,4-5,7H2,1H3,(H,16,17);7H,4-6H2,1-3H3;1,3,5H,2,4,6H2;2-4H,1H3,(H3,10,11);3-5H,2H3. The van der Waals surface area contributed by atoms with Crippen molar-refractivity contribution in [1.29, 1.82) is 5.41 Å². The Hall–Kier alpha value is -9.36. The first-order chi connectivity index (χ1) is 58.1. The zero-order valence-corrected chi connectivity index (χ0v) is 76.8. The topological polar surface area (TPSA) is 279 Å². The summed E-state index contributed by atoms with van der Waals surface area (Å²) >= 11 is 45.7. The van der Waals surface area contributed by atoms with Gasteiger partial charge in [-0.15, -0.1) is 0 Å². The number of ketones is 2. The fraction of sp³-hybridized carbons (Fsp3) is 0.374. The molecule has 0 bridgehead atoms. The molecule has 7 heterocycles. The number of aryl methyl sites for hydroxylation is 2. The number of methoxy groups -OCH3 is 5. The lowest BCUT2D eigenvalue weighted by Gasteiger charge is -2.37. The number of hydrogen-bond donors (Lipinski definition) is 5. The van der Waals surface area contributed by atoms with Crippen molar-refractivity contribution >= 4 is 138 Å². The van der Waals surface area contributed by atoms with Crippen LogP contribution in [0.1, 0.15) is 130 Å². The lowest BCUT2D eigenvalue weighted by Crippen LogP contribution is -2.46. The number of rotatable bonds is 10. The number of nitrogens with one attached hydrogen (secondary N) is 4. The Morgan fingerprint density at radius 2 is 1.06 bits per heavy atom. The van der Waals surface area contributed by atoms with Crippen molar-refractivity contribution in [2.75, 3.05) is 74.8 Å². The van der Waals surface area contributed by atoms with Crippen LogP contribution >= 0.6 is 97.1 Å². The van der Waals surface area contributed by atoms with Gasteiger partial charge in [0.05, 0.1) is 97.0 Å².